The van der Waals surface area contributed by atoms with E-state index in [1.807, 2.05) is 45.9 Å². The van der Waals surface area contributed by atoms with Crippen LogP contribution in [0, 0.1) is 13.8 Å². The molecule has 0 aliphatic carbocycles. The maximum absolute atomic E-state index is 13.4. The van der Waals surface area contributed by atoms with Gasteiger partial charge in [-0.15, -0.1) is 0 Å². The monoisotopic (exact) mass is 451 g/mol. The molecule has 0 saturated heterocycles. The van der Waals surface area contributed by atoms with Crippen molar-refractivity contribution in [3.05, 3.63) is 34.9 Å². The fourth-order valence-corrected chi connectivity index (χ4v) is 3.32. The van der Waals surface area contributed by atoms with E-state index in [0.29, 0.717) is 5.56 Å². The molecule has 174 valence electrons. The summed E-state index contributed by atoms with van der Waals surface area (Å²) in [6.45, 7) is 15.0. The van der Waals surface area contributed by atoms with E-state index in [2.05, 4.69) is 23.3 Å². The van der Waals surface area contributed by atoms with Gasteiger partial charge >= 0.3 is 6.09 Å². The van der Waals surface area contributed by atoms with Crippen molar-refractivity contribution in [2.75, 3.05) is 12.3 Å². The minimum Gasteiger partial charge on any atom is -0.444 e. The maximum Gasteiger partial charge on any atom is 0.408 e. The van der Waals surface area contributed by atoms with Gasteiger partial charge in [0.2, 0.25) is 11.8 Å². The van der Waals surface area contributed by atoms with E-state index in [1.54, 1.807) is 27.7 Å². The standard InChI is InChI=1S/C23H37N3O4S/c1-9-26(21(28)18(13-31)25-22(29)30-23(6,7)8)19(20(27)24-14(2)3)17-11-10-15(4)16(5)12-17/h10-12,14,18-19,31H,9,13H2,1-8H3,(H,24,27)(H,25,29). The van der Waals surface area contributed by atoms with Crippen LogP contribution < -0.4 is 10.6 Å². The first kappa shape index (κ1) is 26.8. The number of carbonyl (C=O) groups excluding carboxylic acids is 3. The number of likely N-dealkylation sites (N-methyl/N-ethyl adjacent to an activating group) is 1. The third-order valence-electron chi connectivity index (χ3n) is 4.63. The zero-order chi connectivity index (χ0) is 23.9. The Morgan fingerprint density at radius 3 is 2.16 bits per heavy atom. The molecule has 7 nitrogen and oxygen atoms in total. The summed E-state index contributed by atoms with van der Waals surface area (Å²) >= 11 is 4.25. The highest BCUT2D eigenvalue weighted by molar-refractivity contribution is 7.80. The zero-order valence-corrected chi connectivity index (χ0v) is 20.8. The number of aryl methyl sites for hydroxylation is 2. The Morgan fingerprint density at radius 1 is 1.10 bits per heavy atom. The van der Waals surface area contributed by atoms with Crippen LogP contribution >= 0.6 is 12.6 Å². The Kier molecular flexibility index (Phi) is 9.87. The number of alkyl carbamates (subject to hydrolysis) is 1. The molecule has 3 amide bonds. The average Bonchev–Trinajstić information content (AvgIpc) is 2.63. The summed E-state index contributed by atoms with van der Waals surface area (Å²) in [7, 11) is 0. The molecule has 1 aromatic rings. The zero-order valence-electron chi connectivity index (χ0n) is 19.9. The fourth-order valence-electron chi connectivity index (χ4n) is 3.07. The lowest BCUT2D eigenvalue weighted by Crippen LogP contribution is -2.54. The average molecular weight is 452 g/mol. The number of hydrogen-bond donors (Lipinski definition) is 3. The van der Waals surface area contributed by atoms with E-state index >= 15 is 0 Å². The second kappa shape index (κ2) is 11.4. The van der Waals surface area contributed by atoms with E-state index in [9.17, 15) is 14.4 Å². The van der Waals surface area contributed by atoms with E-state index < -0.39 is 29.7 Å². The van der Waals surface area contributed by atoms with Gasteiger partial charge in [-0.25, -0.2) is 4.79 Å². The molecule has 2 N–H and O–H groups in total. The number of ether oxygens (including phenoxy) is 1. The number of hydrogen-bond acceptors (Lipinski definition) is 5. The molecule has 0 spiro atoms. The summed E-state index contributed by atoms with van der Waals surface area (Å²) in [6.07, 6.45) is -0.703. The van der Waals surface area contributed by atoms with Gasteiger partial charge in [0.25, 0.3) is 0 Å². The Balaban J connectivity index is 3.28. The van der Waals surface area contributed by atoms with Crippen molar-refractivity contribution in [3.8, 4) is 0 Å². The second-order valence-corrected chi connectivity index (χ2v) is 9.28. The highest BCUT2D eigenvalue weighted by Crippen LogP contribution is 2.25. The number of thiol groups is 1. The van der Waals surface area contributed by atoms with Gasteiger partial charge in [0.15, 0.2) is 0 Å². The maximum atomic E-state index is 13.4. The van der Waals surface area contributed by atoms with Crippen LogP contribution in [-0.2, 0) is 14.3 Å². The molecule has 0 bridgehead atoms. The molecule has 0 heterocycles. The molecule has 31 heavy (non-hydrogen) atoms. The van der Waals surface area contributed by atoms with Crippen LogP contribution in [-0.4, -0.2) is 52.8 Å². The predicted octanol–water partition coefficient (Wildman–Crippen LogP) is 3.54. The number of nitrogens with one attached hydrogen (secondary N) is 2. The lowest BCUT2D eigenvalue weighted by Gasteiger charge is -2.34. The molecule has 0 aliphatic rings. The summed E-state index contributed by atoms with van der Waals surface area (Å²) in [5.41, 5.74) is 2.14. The van der Waals surface area contributed by atoms with Crippen molar-refractivity contribution in [2.45, 2.75) is 79.1 Å². The fraction of sp³-hybridized carbons (Fsp3) is 0.609. The van der Waals surface area contributed by atoms with Crippen LogP contribution in [0.2, 0.25) is 0 Å². The van der Waals surface area contributed by atoms with Gasteiger partial charge in [0, 0.05) is 18.3 Å². The number of rotatable bonds is 8. The van der Waals surface area contributed by atoms with Gasteiger partial charge in [-0.1, -0.05) is 18.2 Å². The van der Waals surface area contributed by atoms with E-state index in [4.69, 9.17) is 4.74 Å². The lowest BCUT2D eigenvalue weighted by molar-refractivity contribution is -0.142. The molecular weight excluding hydrogens is 414 g/mol. The molecule has 0 saturated carbocycles. The van der Waals surface area contributed by atoms with Gasteiger partial charge in [0.1, 0.15) is 17.7 Å². The summed E-state index contributed by atoms with van der Waals surface area (Å²) in [6, 6.07) is 3.87. The van der Waals surface area contributed by atoms with Crippen molar-refractivity contribution in [2.24, 2.45) is 0 Å². The van der Waals surface area contributed by atoms with Crippen molar-refractivity contribution >= 4 is 30.5 Å². The first-order valence-electron chi connectivity index (χ1n) is 10.6. The Hall–Kier alpha value is -2.22. The summed E-state index contributed by atoms with van der Waals surface area (Å²) in [5, 5.41) is 5.49. The van der Waals surface area contributed by atoms with Crippen molar-refractivity contribution in [1.82, 2.24) is 15.5 Å². The van der Waals surface area contributed by atoms with Gasteiger partial charge < -0.3 is 20.3 Å². The molecule has 0 aliphatic heterocycles. The van der Waals surface area contributed by atoms with Crippen molar-refractivity contribution in [1.29, 1.82) is 0 Å². The third-order valence-corrected chi connectivity index (χ3v) is 5.00. The van der Waals surface area contributed by atoms with Crippen LogP contribution in [0.15, 0.2) is 18.2 Å². The van der Waals surface area contributed by atoms with Crippen LogP contribution in [0.25, 0.3) is 0 Å². The number of nitrogens with zero attached hydrogens (tertiary/aromatic N) is 1. The van der Waals surface area contributed by atoms with Gasteiger partial charge in [-0.2, -0.15) is 12.6 Å². The SMILES string of the molecule is CCN(C(=O)C(CS)NC(=O)OC(C)(C)C)C(C(=O)NC(C)C)c1ccc(C)c(C)c1. The second-order valence-electron chi connectivity index (χ2n) is 8.92. The van der Waals surface area contributed by atoms with E-state index in [1.165, 1.54) is 4.90 Å². The van der Waals surface area contributed by atoms with E-state index in [0.717, 1.165) is 11.1 Å². The molecule has 2 atom stereocenters. The summed E-state index contributed by atoms with van der Waals surface area (Å²) < 4.78 is 5.27. The summed E-state index contributed by atoms with van der Waals surface area (Å²) in [4.78, 5) is 40.2. The molecule has 0 radical (unpaired) electrons. The van der Waals surface area contributed by atoms with Crippen LogP contribution in [0.5, 0.6) is 0 Å². The first-order chi connectivity index (χ1) is 14.3. The molecular formula is C23H37N3O4S. The molecule has 0 aromatic heterocycles. The lowest BCUT2D eigenvalue weighted by atomic mass is 9.98. The van der Waals surface area contributed by atoms with Crippen molar-refractivity contribution < 1.29 is 19.1 Å². The Morgan fingerprint density at radius 2 is 1.71 bits per heavy atom. The quantitative estimate of drug-likeness (QED) is 0.528. The van der Waals surface area contributed by atoms with Crippen LogP contribution in [0.1, 0.15) is 64.3 Å². The third kappa shape index (κ3) is 8.09. The minimum atomic E-state index is -0.931. The first-order valence-corrected chi connectivity index (χ1v) is 11.2. The van der Waals surface area contributed by atoms with Crippen LogP contribution in [0.4, 0.5) is 4.79 Å². The summed E-state index contributed by atoms with van der Waals surface area (Å²) in [5.74, 6) is -0.603. The van der Waals surface area contributed by atoms with Crippen LogP contribution in [0.3, 0.4) is 0 Å². The normalized spacial score (nSPS) is 13.4. The highest BCUT2D eigenvalue weighted by atomic mass is 32.1. The molecule has 1 rings (SSSR count). The highest BCUT2D eigenvalue weighted by Gasteiger charge is 2.35. The molecule has 0 fully saturated rings. The van der Waals surface area contributed by atoms with E-state index in [-0.39, 0.29) is 24.2 Å². The molecule has 1 aromatic carbocycles. The van der Waals surface area contributed by atoms with Gasteiger partial charge in [-0.05, 0) is 72.1 Å². The Bertz CT molecular complexity index is 790. The molecule has 2 unspecified atom stereocenters. The number of benzene rings is 1. The van der Waals surface area contributed by atoms with Crippen molar-refractivity contribution in [3.63, 3.8) is 0 Å². The topological polar surface area (TPSA) is 87.7 Å². The van der Waals surface area contributed by atoms with Gasteiger partial charge in [0.05, 0.1) is 0 Å². The minimum absolute atomic E-state index is 0.0695. The smallest absolute Gasteiger partial charge is 0.408 e. The number of amides is 3. The largest absolute Gasteiger partial charge is 0.444 e. The Labute approximate surface area is 191 Å². The number of carbonyl (C=O) groups is 3. The molecule has 8 heteroatoms. The van der Waals surface area contributed by atoms with Gasteiger partial charge in [-0.3, -0.25) is 9.59 Å². The predicted molar refractivity (Wildman–Crippen MR) is 126 cm³/mol.